The van der Waals surface area contributed by atoms with Crippen molar-refractivity contribution in [1.82, 2.24) is 10.2 Å². The first-order chi connectivity index (χ1) is 12.6. The van der Waals surface area contributed by atoms with Crippen LogP contribution in [0.2, 0.25) is 0 Å². The molecule has 1 N–H and O–H groups in total. The summed E-state index contributed by atoms with van der Waals surface area (Å²) in [6, 6.07) is 6.91. The molecule has 0 saturated carbocycles. The van der Waals surface area contributed by atoms with Crippen LogP contribution < -0.4 is 10.1 Å². The topological polar surface area (TPSA) is 67.9 Å². The Bertz CT molecular complexity index is 597. The fourth-order valence-electron chi connectivity index (χ4n) is 2.81. The normalized spacial score (nSPS) is 18.1. The van der Waals surface area contributed by atoms with Crippen molar-refractivity contribution in [3.63, 3.8) is 0 Å². The van der Waals surface area contributed by atoms with E-state index in [2.05, 4.69) is 5.32 Å². The Hall–Kier alpha value is -1.54. The largest absolute Gasteiger partial charge is 0.497 e. The smallest absolute Gasteiger partial charge is 0.328 e. The van der Waals surface area contributed by atoms with Gasteiger partial charge in [-0.05, 0) is 36.1 Å². The highest BCUT2D eigenvalue weighted by Crippen LogP contribution is 2.30. The van der Waals surface area contributed by atoms with Gasteiger partial charge in [0.25, 0.3) is 0 Å². The monoisotopic (exact) mass is 398 g/mol. The Kier molecular flexibility index (Phi) is 8.44. The van der Waals surface area contributed by atoms with Gasteiger partial charge in [-0.3, -0.25) is 0 Å². The summed E-state index contributed by atoms with van der Waals surface area (Å²) < 4.78 is 10.0. The molecule has 8 heteroatoms. The molecule has 1 aromatic rings. The van der Waals surface area contributed by atoms with Crippen molar-refractivity contribution < 1.29 is 19.1 Å². The van der Waals surface area contributed by atoms with Crippen LogP contribution in [0.4, 0.5) is 4.79 Å². The van der Waals surface area contributed by atoms with Crippen molar-refractivity contribution in [1.29, 1.82) is 0 Å². The third-order valence-corrected chi connectivity index (χ3v) is 5.95. The number of urea groups is 1. The maximum Gasteiger partial charge on any atom is 0.328 e. The van der Waals surface area contributed by atoms with Crippen LogP contribution in [-0.2, 0) is 9.53 Å². The van der Waals surface area contributed by atoms with Gasteiger partial charge in [0, 0.05) is 18.1 Å². The minimum Gasteiger partial charge on any atom is -0.497 e. The molecule has 2 atom stereocenters. The first-order valence-electron chi connectivity index (χ1n) is 8.46. The molecule has 2 amide bonds. The lowest BCUT2D eigenvalue weighted by Crippen LogP contribution is -2.51. The first kappa shape index (κ1) is 20.8. The number of nitrogens with zero attached hydrogens (tertiary/aromatic N) is 1. The zero-order valence-electron chi connectivity index (χ0n) is 15.4. The van der Waals surface area contributed by atoms with Crippen LogP contribution >= 0.6 is 23.5 Å². The number of thioether (sulfide) groups is 2. The van der Waals surface area contributed by atoms with Crippen molar-refractivity contribution in [3.8, 4) is 5.75 Å². The maximum absolute atomic E-state index is 12.9. The number of benzene rings is 1. The molecule has 0 bridgehead atoms. The summed E-state index contributed by atoms with van der Waals surface area (Å²) in [6.45, 7) is 0.642. The molecule has 0 spiro atoms. The van der Waals surface area contributed by atoms with Crippen molar-refractivity contribution in [2.45, 2.75) is 18.5 Å². The van der Waals surface area contributed by atoms with Crippen LogP contribution in [0.3, 0.4) is 0 Å². The SMILES string of the molecule is COC(=O)[C@H](CCSC)NC(=O)N1CCSCC1c1ccc(OC)cc1. The molecule has 2 rings (SSSR count). The number of methoxy groups -OCH3 is 2. The molecule has 1 aliphatic heterocycles. The molecule has 1 saturated heterocycles. The predicted octanol–water partition coefficient (Wildman–Crippen LogP) is 2.79. The van der Waals surface area contributed by atoms with Crippen LogP contribution in [0.25, 0.3) is 0 Å². The van der Waals surface area contributed by atoms with Crippen molar-refractivity contribution >= 4 is 35.5 Å². The van der Waals surface area contributed by atoms with Gasteiger partial charge in [0.1, 0.15) is 11.8 Å². The highest BCUT2D eigenvalue weighted by Gasteiger charge is 2.31. The predicted molar refractivity (Wildman–Crippen MR) is 107 cm³/mol. The van der Waals surface area contributed by atoms with E-state index in [0.29, 0.717) is 13.0 Å². The van der Waals surface area contributed by atoms with Gasteiger partial charge in [-0.2, -0.15) is 23.5 Å². The third-order valence-electron chi connectivity index (χ3n) is 4.28. The average Bonchev–Trinajstić information content (AvgIpc) is 2.70. The second kappa shape index (κ2) is 10.6. The molecule has 1 fully saturated rings. The summed E-state index contributed by atoms with van der Waals surface area (Å²) in [5, 5.41) is 2.86. The van der Waals surface area contributed by atoms with Crippen LogP contribution in [0, 0.1) is 0 Å². The summed E-state index contributed by atoms with van der Waals surface area (Å²) >= 11 is 3.46. The van der Waals surface area contributed by atoms with Crippen LogP contribution in [-0.4, -0.2) is 67.2 Å². The summed E-state index contributed by atoms with van der Waals surface area (Å²) in [7, 11) is 2.98. The fraction of sp³-hybridized carbons (Fsp3) is 0.556. The minimum absolute atomic E-state index is 0.0292. The van der Waals surface area contributed by atoms with Gasteiger partial charge in [-0.15, -0.1) is 0 Å². The van der Waals surface area contributed by atoms with E-state index in [1.54, 1.807) is 18.9 Å². The number of rotatable bonds is 7. The molecular weight excluding hydrogens is 372 g/mol. The average molecular weight is 399 g/mol. The van der Waals surface area contributed by atoms with E-state index in [1.807, 2.05) is 47.2 Å². The van der Waals surface area contributed by atoms with E-state index < -0.39 is 12.0 Å². The van der Waals surface area contributed by atoms with Crippen LogP contribution in [0.1, 0.15) is 18.0 Å². The molecule has 26 heavy (non-hydrogen) atoms. The molecule has 0 aliphatic carbocycles. The zero-order valence-corrected chi connectivity index (χ0v) is 17.0. The van der Waals surface area contributed by atoms with Crippen molar-refractivity contribution in [3.05, 3.63) is 29.8 Å². The number of amides is 2. The quantitative estimate of drug-likeness (QED) is 0.713. The van der Waals surface area contributed by atoms with Gasteiger partial charge in [0.2, 0.25) is 0 Å². The second-order valence-corrected chi connectivity index (χ2v) is 8.00. The lowest BCUT2D eigenvalue weighted by molar-refractivity contribution is -0.142. The number of carbonyl (C=O) groups is 2. The maximum atomic E-state index is 12.9. The van der Waals surface area contributed by atoms with Gasteiger partial charge in [0.15, 0.2) is 0 Å². The lowest BCUT2D eigenvalue weighted by atomic mass is 10.1. The molecule has 0 aromatic heterocycles. The van der Waals surface area contributed by atoms with E-state index in [0.717, 1.165) is 28.6 Å². The summed E-state index contributed by atoms with van der Waals surface area (Å²) in [4.78, 5) is 26.7. The molecule has 1 heterocycles. The Morgan fingerprint density at radius 2 is 2.08 bits per heavy atom. The van der Waals surface area contributed by atoms with E-state index in [1.165, 1.54) is 7.11 Å². The van der Waals surface area contributed by atoms with Gasteiger partial charge >= 0.3 is 12.0 Å². The number of carbonyl (C=O) groups excluding carboxylic acids is 2. The summed E-state index contributed by atoms with van der Waals surface area (Å²) in [5.41, 5.74) is 1.06. The highest BCUT2D eigenvalue weighted by atomic mass is 32.2. The second-order valence-electron chi connectivity index (χ2n) is 5.86. The number of hydrogen-bond donors (Lipinski definition) is 1. The van der Waals surface area contributed by atoms with Crippen LogP contribution in [0.15, 0.2) is 24.3 Å². The first-order valence-corrected chi connectivity index (χ1v) is 11.0. The van der Waals surface area contributed by atoms with Crippen LogP contribution in [0.5, 0.6) is 5.75 Å². The number of esters is 1. The van der Waals surface area contributed by atoms with E-state index >= 15 is 0 Å². The molecule has 0 radical (unpaired) electrons. The highest BCUT2D eigenvalue weighted by molar-refractivity contribution is 7.99. The molecular formula is C18H26N2O4S2. The third kappa shape index (κ3) is 5.48. The summed E-state index contributed by atoms with van der Waals surface area (Å²) in [5.74, 6) is 2.87. The number of hydrogen-bond acceptors (Lipinski definition) is 6. The van der Waals surface area contributed by atoms with Gasteiger partial charge in [-0.1, -0.05) is 12.1 Å². The lowest BCUT2D eigenvalue weighted by Gasteiger charge is -2.36. The molecule has 6 nitrogen and oxygen atoms in total. The number of ether oxygens (including phenoxy) is 2. The van der Waals surface area contributed by atoms with Crippen molar-refractivity contribution in [2.24, 2.45) is 0 Å². The molecule has 1 aliphatic rings. The molecule has 1 aromatic carbocycles. The fourth-order valence-corrected chi connectivity index (χ4v) is 4.37. The van der Waals surface area contributed by atoms with Crippen molar-refractivity contribution in [2.75, 3.05) is 44.3 Å². The Morgan fingerprint density at radius 1 is 1.35 bits per heavy atom. The Morgan fingerprint density at radius 3 is 2.69 bits per heavy atom. The summed E-state index contributed by atoms with van der Waals surface area (Å²) in [6.07, 6.45) is 2.52. The Balaban J connectivity index is 2.11. The molecule has 144 valence electrons. The molecule has 1 unspecified atom stereocenters. The minimum atomic E-state index is -0.619. The van der Waals surface area contributed by atoms with Gasteiger partial charge in [0.05, 0.1) is 20.3 Å². The van der Waals surface area contributed by atoms with E-state index in [-0.39, 0.29) is 12.1 Å². The standard InChI is InChI=1S/C18H26N2O4S2/c1-23-14-6-4-13(5-7-14)16-12-26-11-9-20(16)18(22)19-15(8-10-25-3)17(21)24-2/h4-7,15-16H,8-12H2,1-3H3,(H,19,22)/t15-,16?/m0/s1. The number of nitrogens with one attached hydrogen (secondary N) is 1. The van der Waals surface area contributed by atoms with Gasteiger partial charge in [-0.25, -0.2) is 9.59 Å². The van der Waals surface area contributed by atoms with Gasteiger partial charge < -0.3 is 19.7 Å². The zero-order chi connectivity index (χ0) is 18.9. The van der Waals surface area contributed by atoms with E-state index in [9.17, 15) is 9.59 Å². The Labute approximate surface area is 163 Å². The van der Waals surface area contributed by atoms with E-state index in [4.69, 9.17) is 9.47 Å².